The number of rotatable bonds is 4. The summed E-state index contributed by atoms with van der Waals surface area (Å²) in [6.45, 7) is 2.77. The normalized spacial score (nSPS) is 12.7. The standard InChI is InChI=1S/C17H18FN3/c1-12(19-11-13-7-9-14(18)10-8-13)17-20-15-5-3-4-6-16(15)21(17)2/h3-10,12,19H,11H2,1-2H3/t12-/m0/s1. The summed E-state index contributed by atoms with van der Waals surface area (Å²) in [6, 6.07) is 14.8. The van der Waals surface area contributed by atoms with Crippen molar-refractivity contribution in [3.05, 3.63) is 65.7 Å². The molecule has 0 fully saturated rings. The molecule has 108 valence electrons. The average Bonchev–Trinajstić information content (AvgIpc) is 2.84. The van der Waals surface area contributed by atoms with Gasteiger partial charge in [-0.25, -0.2) is 9.37 Å². The average molecular weight is 283 g/mol. The molecule has 0 bridgehead atoms. The van der Waals surface area contributed by atoms with Gasteiger partial charge in [-0.05, 0) is 36.8 Å². The summed E-state index contributed by atoms with van der Waals surface area (Å²) in [4.78, 5) is 4.68. The van der Waals surface area contributed by atoms with Crippen LogP contribution in [0.1, 0.15) is 24.4 Å². The molecule has 0 aliphatic heterocycles. The number of benzene rings is 2. The molecule has 1 atom stereocenters. The maximum Gasteiger partial charge on any atom is 0.126 e. The Morgan fingerprint density at radius 3 is 2.57 bits per heavy atom. The van der Waals surface area contributed by atoms with Crippen LogP contribution < -0.4 is 5.32 Å². The van der Waals surface area contributed by atoms with Crippen molar-refractivity contribution in [3.63, 3.8) is 0 Å². The van der Waals surface area contributed by atoms with E-state index in [9.17, 15) is 4.39 Å². The quantitative estimate of drug-likeness (QED) is 0.793. The highest BCUT2D eigenvalue weighted by molar-refractivity contribution is 5.75. The van der Waals surface area contributed by atoms with Crippen molar-refractivity contribution >= 4 is 11.0 Å². The number of hydrogen-bond donors (Lipinski definition) is 1. The molecule has 3 nitrogen and oxygen atoms in total. The fourth-order valence-corrected chi connectivity index (χ4v) is 2.52. The fraction of sp³-hybridized carbons (Fsp3) is 0.235. The summed E-state index contributed by atoms with van der Waals surface area (Å²) in [5.74, 6) is 0.792. The van der Waals surface area contributed by atoms with E-state index >= 15 is 0 Å². The van der Waals surface area contributed by atoms with E-state index in [1.807, 2.05) is 25.2 Å². The lowest BCUT2D eigenvalue weighted by Gasteiger charge is -2.14. The predicted octanol–water partition coefficient (Wildman–Crippen LogP) is 3.56. The highest BCUT2D eigenvalue weighted by atomic mass is 19.1. The van der Waals surface area contributed by atoms with Gasteiger partial charge >= 0.3 is 0 Å². The third-order valence-electron chi connectivity index (χ3n) is 3.73. The van der Waals surface area contributed by atoms with Crippen LogP contribution in [0.2, 0.25) is 0 Å². The summed E-state index contributed by atoms with van der Waals surface area (Å²) in [7, 11) is 2.03. The van der Waals surface area contributed by atoms with Crippen LogP contribution in [-0.4, -0.2) is 9.55 Å². The number of halogens is 1. The van der Waals surface area contributed by atoms with E-state index in [0.29, 0.717) is 6.54 Å². The van der Waals surface area contributed by atoms with Crippen molar-refractivity contribution in [1.82, 2.24) is 14.9 Å². The molecule has 0 saturated heterocycles. The van der Waals surface area contributed by atoms with Gasteiger partial charge in [0, 0.05) is 13.6 Å². The van der Waals surface area contributed by atoms with Crippen molar-refractivity contribution in [2.24, 2.45) is 7.05 Å². The third-order valence-corrected chi connectivity index (χ3v) is 3.73. The first kappa shape index (κ1) is 13.8. The zero-order valence-corrected chi connectivity index (χ0v) is 12.2. The number of nitrogens with zero attached hydrogens (tertiary/aromatic N) is 2. The van der Waals surface area contributed by atoms with Gasteiger partial charge < -0.3 is 9.88 Å². The molecular weight excluding hydrogens is 265 g/mol. The summed E-state index contributed by atoms with van der Waals surface area (Å²) in [5.41, 5.74) is 3.19. The molecule has 2 aromatic carbocycles. The van der Waals surface area contributed by atoms with Crippen LogP contribution in [0.3, 0.4) is 0 Å². The molecule has 1 N–H and O–H groups in total. The first-order valence-electron chi connectivity index (χ1n) is 7.04. The fourth-order valence-electron chi connectivity index (χ4n) is 2.52. The van der Waals surface area contributed by atoms with E-state index in [1.165, 1.54) is 12.1 Å². The Kier molecular flexibility index (Phi) is 3.71. The molecule has 0 unspecified atom stereocenters. The molecule has 3 aromatic rings. The Morgan fingerprint density at radius 2 is 1.86 bits per heavy atom. The SMILES string of the molecule is C[C@H](NCc1ccc(F)cc1)c1nc2ccccc2n1C. The Bertz CT molecular complexity index is 746. The molecule has 1 heterocycles. The number of hydrogen-bond acceptors (Lipinski definition) is 2. The van der Waals surface area contributed by atoms with Crippen LogP contribution in [0.5, 0.6) is 0 Å². The maximum atomic E-state index is 12.9. The lowest BCUT2D eigenvalue weighted by molar-refractivity contribution is 0.532. The van der Waals surface area contributed by atoms with Gasteiger partial charge in [0.05, 0.1) is 17.1 Å². The Balaban J connectivity index is 1.76. The summed E-state index contributed by atoms with van der Waals surface area (Å²) < 4.78 is 15.0. The third kappa shape index (κ3) is 2.81. The van der Waals surface area contributed by atoms with Crippen LogP contribution >= 0.6 is 0 Å². The van der Waals surface area contributed by atoms with Crippen LogP contribution in [0.25, 0.3) is 11.0 Å². The zero-order valence-electron chi connectivity index (χ0n) is 12.2. The van der Waals surface area contributed by atoms with E-state index in [1.54, 1.807) is 12.1 Å². The Labute approximate surface area is 123 Å². The largest absolute Gasteiger partial charge is 0.330 e. The topological polar surface area (TPSA) is 29.9 Å². The molecule has 0 aliphatic rings. The van der Waals surface area contributed by atoms with Crippen molar-refractivity contribution in [1.29, 1.82) is 0 Å². The summed E-state index contributed by atoms with van der Waals surface area (Å²) in [5, 5.41) is 3.43. The number of fused-ring (bicyclic) bond motifs is 1. The van der Waals surface area contributed by atoms with Gasteiger partial charge in [-0.15, -0.1) is 0 Å². The van der Waals surface area contributed by atoms with Crippen LogP contribution in [0.15, 0.2) is 48.5 Å². The number of aromatic nitrogens is 2. The first-order valence-corrected chi connectivity index (χ1v) is 7.04. The molecule has 0 aliphatic carbocycles. The number of aryl methyl sites for hydroxylation is 1. The number of nitrogens with one attached hydrogen (secondary N) is 1. The van der Waals surface area contributed by atoms with Crippen LogP contribution in [0.4, 0.5) is 4.39 Å². The van der Waals surface area contributed by atoms with Crippen LogP contribution in [-0.2, 0) is 13.6 Å². The van der Waals surface area contributed by atoms with Gasteiger partial charge in [0.15, 0.2) is 0 Å². The molecule has 0 spiro atoms. The van der Waals surface area contributed by atoms with Gasteiger partial charge in [0.25, 0.3) is 0 Å². The van der Waals surface area contributed by atoms with E-state index in [2.05, 4.69) is 27.9 Å². The summed E-state index contributed by atoms with van der Waals surface area (Å²) >= 11 is 0. The second-order valence-electron chi connectivity index (χ2n) is 5.25. The Hall–Kier alpha value is -2.20. The van der Waals surface area contributed by atoms with Gasteiger partial charge in [0.2, 0.25) is 0 Å². The number of imidazole rings is 1. The van der Waals surface area contributed by atoms with Crippen molar-refractivity contribution in [2.75, 3.05) is 0 Å². The highest BCUT2D eigenvalue weighted by Crippen LogP contribution is 2.19. The van der Waals surface area contributed by atoms with E-state index in [0.717, 1.165) is 22.4 Å². The smallest absolute Gasteiger partial charge is 0.126 e. The van der Waals surface area contributed by atoms with Crippen molar-refractivity contribution < 1.29 is 4.39 Å². The van der Waals surface area contributed by atoms with Gasteiger partial charge in [0.1, 0.15) is 11.6 Å². The highest BCUT2D eigenvalue weighted by Gasteiger charge is 2.13. The van der Waals surface area contributed by atoms with Crippen LogP contribution in [0, 0.1) is 5.82 Å². The molecule has 1 aromatic heterocycles. The lowest BCUT2D eigenvalue weighted by atomic mass is 10.2. The predicted molar refractivity (Wildman–Crippen MR) is 82.4 cm³/mol. The molecule has 0 amide bonds. The molecule has 0 radical (unpaired) electrons. The van der Waals surface area contributed by atoms with Crippen molar-refractivity contribution in [2.45, 2.75) is 19.5 Å². The molecule has 0 saturated carbocycles. The minimum atomic E-state index is -0.206. The maximum absolute atomic E-state index is 12.9. The van der Waals surface area contributed by atoms with Gasteiger partial charge in [-0.3, -0.25) is 0 Å². The Morgan fingerprint density at radius 1 is 1.14 bits per heavy atom. The van der Waals surface area contributed by atoms with E-state index in [4.69, 9.17) is 0 Å². The minimum Gasteiger partial charge on any atom is -0.330 e. The van der Waals surface area contributed by atoms with E-state index < -0.39 is 0 Å². The monoisotopic (exact) mass is 283 g/mol. The minimum absolute atomic E-state index is 0.118. The molecular formula is C17H18FN3. The zero-order chi connectivity index (χ0) is 14.8. The molecule has 21 heavy (non-hydrogen) atoms. The van der Waals surface area contributed by atoms with Crippen molar-refractivity contribution in [3.8, 4) is 0 Å². The second kappa shape index (κ2) is 5.66. The second-order valence-corrected chi connectivity index (χ2v) is 5.25. The number of para-hydroxylation sites is 2. The lowest BCUT2D eigenvalue weighted by Crippen LogP contribution is -2.21. The van der Waals surface area contributed by atoms with E-state index in [-0.39, 0.29) is 11.9 Å². The van der Waals surface area contributed by atoms with Gasteiger partial charge in [-0.1, -0.05) is 24.3 Å². The summed E-state index contributed by atoms with van der Waals surface area (Å²) in [6.07, 6.45) is 0. The van der Waals surface area contributed by atoms with Gasteiger partial charge in [-0.2, -0.15) is 0 Å². The molecule has 4 heteroatoms. The molecule has 3 rings (SSSR count). The first-order chi connectivity index (χ1) is 10.1.